The fourth-order valence-electron chi connectivity index (χ4n) is 1.43. The molecule has 1 aliphatic rings. The molecule has 3 nitrogen and oxygen atoms in total. The van der Waals surface area contributed by atoms with Gasteiger partial charge in [0.1, 0.15) is 5.76 Å². The highest BCUT2D eigenvalue weighted by molar-refractivity contribution is 9.13. The molecular weight excluding hydrogens is 312 g/mol. The summed E-state index contributed by atoms with van der Waals surface area (Å²) in [7, 11) is 2.12. The minimum atomic E-state index is 0.651. The maximum atomic E-state index is 5.51. The average molecular weight is 324 g/mol. The van der Waals surface area contributed by atoms with Gasteiger partial charge in [0.25, 0.3) is 0 Å². The fourth-order valence-corrected chi connectivity index (χ4v) is 2.09. The normalized spacial score (nSPS) is 17.4. The lowest BCUT2D eigenvalue weighted by Crippen LogP contribution is -2.55. The lowest BCUT2D eigenvalue weighted by atomic mass is 10.1. The highest BCUT2D eigenvalue weighted by atomic mass is 79.9. The second-order valence-electron chi connectivity index (χ2n) is 3.56. The third-order valence-corrected chi connectivity index (χ3v) is 4.19. The zero-order chi connectivity index (χ0) is 10.1. The maximum absolute atomic E-state index is 5.51. The molecule has 0 aliphatic carbocycles. The van der Waals surface area contributed by atoms with Crippen LogP contribution in [0.4, 0.5) is 0 Å². The summed E-state index contributed by atoms with van der Waals surface area (Å²) in [4.78, 5) is 2.30. The Hall–Kier alpha value is 0.160. The van der Waals surface area contributed by atoms with Crippen molar-refractivity contribution in [2.45, 2.75) is 12.6 Å². The molecule has 0 saturated carbocycles. The van der Waals surface area contributed by atoms with Gasteiger partial charge >= 0.3 is 0 Å². The van der Waals surface area contributed by atoms with E-state index < -0.39 is 0 Å². The van der Waals surface area contributed by atoms with Crippen LogP contribution in [0.25, 0.3) is 0 Å². The highest BCUT2D eigenvalue weighted by Gasteiger charge is 2.22. The summed E-state index contributed by atoms with van der Waals surface area (Å²) in [5, 5.41) is 3.25. The summed E-state index contributed by atoms with van der Waals surface area (Å²) < 4.78 is 7.26. The predicted octanol–water partition coefficient (Wildman–Crippen LogP) is 2.21. The van der Waals surface area contributed by atoms with Crippen LogP contribution in [-0.4, -0.2) is 31.1 Å². The summed E-state index contributed by atoms with van der Waals surface area (Å²) in [5.74, 6) is 0.984. The quantitative estimate of drug-likeness (QED) is 0.924. The molecule has 0 spiro atoms. The first-order chi connectivity index (χ1) is 6.66. The second-order valence-corrected chi connectivity index (χ2v) is 5.14. The van der Waals surface area contributed by atoms with E-state index in [-0.39, 0.29) is 0 Å². The van der Waals surface area contributed by atoms with Crippen molar-refractivity contribution < 1.29 is 4.42 Å². The largest absolute Gasteiger partial charge is 0.452 e. The van der Waals surface area contributed by atoms with Crippen molar-refractivity contribution in [2.75, 3.05) is 20.1 Å². The number of hydrogen-bond acceptors (Lipinski definition) is 3. The molecule has 0 amide bonds. The maximum Gasteiger partial charge on any atom is 0.183 e. The molecule has 1 aliphatic heterocycles. The van der Waals surface area contributed by atoms with Gasteiger partial charge in [0, 0.05) is 19.1 Å². The molecule has 1 aromatic heterocycles. The first kappa shape index (κ1) is 10.7. The third kappa shape index (κ3) is 2.21. The van der Waals surface area contributed by atoms with Crippen LogP contribution in [0.1, 0.15) is 5.76 Å². The number of halogens is 2. The van der Waals surface area contributed by atoms with E-state index in [0.29, 0.717) is 6.04 Å². The van der Waals surface area contributed by atoms with Crippen LogP contribution in [0.15, 0.2) is 19.6 Å². The molecule has 5 heteroatoms. The Balaban J connectivity index is 1.95. The molecule has 0 aromatic carbocycles. The van der Waals surface area contributed by atoms with E-state index in [1.54, 1.807) is 0 Å². The summed E-state index contributed by atoms with van der Waals surface area (Å²) in [6.45, 7) is 3.02. The summed E-state index contributed by atoms with van der Waals surface area (Å²) >= 11 is 6.73. The smallest absolute Gasteiger partial charge is 0.183 e. The monoisotopic (exact) mass is 322 g/mol. The molecule has 0 bridgehead atoms. The zero-order valence-corrected chi connectivity index (χ0v) is 11.1. The van der Waals surface area contributed by atoms with Crippen LogP contribution in [0.5, 0.6) is 0 Å². The van der Waals surface area contributed by atoms with E-state index >= 15 is 0 Å². The summed E-state index contributed by atoms with van der Waals surface area (Å²) in [6.07, 6.45) is 0. The van der Waals surface area contributed by atoms with Gasteiger partial charge in [-0.2, -0.15) is 0 Å². The number of likely N-dealkylation sites (N-methyl/N-ethyl adjacent to an activating group) is 1. The molecule has 2 rings (SSSR count). The lowest BCUT2D eigenvalue weighted by molar-refractivity contribution is 0.161. The van der Waals surface area contributed by atoms with Crippen molar-refractivity contribution in [3.05, 3.63) is 21.0 Å². The van der Waals surface area contributed by atoms with E-state index in [2.05, 4.69) is 49.1 Å². The molecule has 14 heavy (non-hydrogen) atoms. The third-order valence-electron chi connectivity index (χ3n) is 2.48. The predicted molar refractivity (Wildman–Crippen MR) is 62.2 cm³/mol. The van der Waals surface area contributed by atoms with Crippen molar-refractivity contribution in [3.63, 3.8) is 0 Å². The number of rotatable bonds is 3. The van der Waals surface area contributed by atoms with E-state index in [0.717, 1.165) is 34.5 Å². The molecule has 1 N–H and O–H groups in total. The van der Waals surface area contributed by atoms with E-state index in [1.165, 1.54) is 0 Å². The van der Waals surface area contributed by atoms with Crippen LogP contribution in [-0.2, 0) is 6.54 Å². The highest BCUT2D eigenvalue weighted by Crippen LogP contribution is 2.27. The van der Waals surface area contributed by atoms with Gasteiger partial charge in [0.15, 0.2) is 4.67 Å². The van der Waals surface area contributed by atoms with Crippen LogP contribution in [0.3, 0.4) is 0 Å². The first-order valence-electron chi connectivity index (χ1n) is 4.51. The van der Waals surface area contributed by atoms with Gasteiger partial charge in [-0.1, -0.05) is 0 Å². The fraction of sp³-hybridized carbons (Fsp3) is 0.556. The molecule has 1 fully saturated rings. The van der Waals surface area contributed by atoms with Crippen molar-refractivity contribution in [3.8, 4) is 0 Å². The van der Waals surface area contributed by atoms with E-state index in [1.807, 2.05) is 6.07 Å². The van der Waals surface area contributed by atoms with Gasteiger partial charge in [-0.05, 0) is 45.0 Å². The molecule has 0 unspecified atom stereocenters. The summed E-state index contributed by atoms with van der Waals surface area (Å²) in [5.41, 5.74) is 0. The van der Waals surface area contributed by atoms with Crippen molar-refractivity contribution in [1.82, 2.24) is 10.2 Å². The Morgan fingerprint density at radius 2 is 2.29 bits per heavy atom. The average Bonchev–Trinajstić information content (AvgIpc) is 2.26. The topological polar surface area (TPSA) is 28.4 Å². The standard InChI is InChI=1S/C9H12Br2N2O/c1-13(6-3-12-4-6)5-7-2-8(10)9(11)14-7/h2,6,12H,3-5H2,1H3. The van der Waals surface area contributed by atoms with E-state index in [4.69, 9.17) is 4.42 Å². The zero-order valence-electron chi connectivity index (χ0n) is 7.89. The van der Waals surface area contributed by atoms with Crippen LogP contribution < -0.4 is 5.32 Å². The second kappa shape index (κ2) is 4.35. The van der Waals surface area contributed by atoms with Gasteiger partial charge in [-0.3, -0.25) is 4.90 Å². The Labute approximate surface area is 100 Å². The molecule has 78 valence electrons. The van der Waals surface area contributed by atoms with Crippen molar-refractivity contribution >= 4 is 31.9 Å². The number of furan rings is 1. The Kier molecular flexibility index (Phi) is 3.31. The van der Waals surface area contributed by atoms with Gasteiger partial charge < -0.3 is 9.73 Å². The van der Waals surface area contributed by atoms with Crippen LogP contribution in [0.2, 0.25) is 0 Å². The molecule has 1 aromatic rings. The van der Waals surface area contributed by atoms with Gasteiger partial charge in [0.05, 0.1) is 11.0 Å². The van der Waals surface area contributed by atoms with E-state index in [9.17, 15) is 0 Å². The Bertz CT molecular complexity index is 303. The Morgan fingerprint density at radius 1 is 1.57 bits per heavy atom. The number of hydrogen-bond donors (Lipinski definition) is 1. The van der Waals surface area contributed by atoms with Gasteiger partial charge in [0.2, 0.25) is 0 Å². The molecule has 1 saturated heterocycles. The van der Waals surface area contributed by atoms with Crippen LogP contribution in [0, 0.1) is 0 Å². The minimum Gasteiger partial charge on any atom is -0.452 e. The lowest BCUT2D eigenvalue weighted by Gasteiger charge is -2.35. The number of nitrogens with one attached hydrogen (secondary N) is 1. The number of nitrogens with zero attached hydrogens (tertiary/aromatic N) is 1. The summed E-state index contributed by atoms with van der Waals surface area (Å²) in [6, 6.07) is 2.66. The SMILES string of the molecule is CN(Cc1cc(Br)c(Br)o1)C1CNC1. The van der Waals surface area contributed by atoms with Crippen LogP contribution >= 0.6 is 31.9 Å². The van der Waals surface area contributed by atoms with Gasteiger partial charge in [-0.15, -0.1) is 0 Å². The molecule has 0 radical (unpaired) electrons. The van der Waals surface area contributed by atoms with Gasteiger partial charge in [-0.25, -0.2) is 0 Å². The molecule has 2 heterocycles. The van der Waals surface area contributed by atoms with Crippen molar-refractivity contribution in [2.24, 2.45) is 0 Å². The molecular formula is C9H12Br2N2O. The molecule has 0 atom stereocenters. The van der Waals surface area contributed by atoms with Crippen molar-refractivity contribution in [1.29, 1.82) is 0 Å². The Morgan fingerprint density at radius 3 is 2.71 bits per heavy atom. The first-order valence-corrected chi connectivity index (χ1v) is 6.10. The minimum absolute atomic E-state index is 0.651.